The first-order valence-corrected chi connectivity index (χ1v) is 9.81. The summed E-state index contributed by atoms with van der Waals surface area (Å²) >= 11 is 2.47. The Morgan fingerprint density at radius 1 is 1.07 bits per heavy atom. The number of carbonyl (C=O) groups is 3. The summed E-state index contributed by atoms with van der Waals surface area (Å²) in [7, 11) is 1.22. The summed E-state index contributed by atoms with van der Waals surface area (Å²) < 4.78 is 4.62. The van der Waals surface area contributed by atoms with Crippen LogP contribution < -0.4 is 0 Å². The van der Waals surface area contributed by atoms with Crippen LogP contribution in [0.25, 0.3) is 6.08 Å². The molecule has 2 aromatic carbocycles. The summed E-state index contributed by atoms with van der Waals surface area (Å²) in [6.07, 6.45) is 1.66. The van der Waals surface area contributed by atoms with E-state index < -0.39 is 23.2 Å². The molecular weight excluding hydrogens is 382 g/mol. The Morgan fingerprint density at radius 2 is 1.70 bits per heavy atom. The van der Waals surface area contributed by atoms with Gasteiger partial charge in [-0.1, -0.05) is 42.1 Å². The van der Waals surface area contributed by atoms with Gasteiger partial charge >= 0.3 is 5.97 Å². The van der Waals surface area contributed by atoms with E-state index in [1.807, 2.05) is 54.6 Å². The number of methoxy groups -OCH3 is 1. The number of nitrogens with zero attached hydrogens (tertiary/aromatic N) is 1. The number of carbonyl (C=O) groups excluding carboxylic acids is 3. The Balaban J connectivity index is 1.74. The van der Waals surface area contributed by atoms with Crippen LogP contribution in [-0.2, 0) is 14.3 Å². The molecule has 1 saturated heterocycles. The number of hydrogen-bond donors (Lipinski definition) is 0. The van der Waals surface area contributed by atoms with E-state index in [2.05, 4.69) is 4.74 Å². The van der Waals surface area contributed by atoms with Crippen LogP contribution in [0, 0.1) is 0 Å². The van der Waals surface area contributed by atoms with Gasteiger partial charge in [0.1, 0.15) is 6.04 Å². The maximum absolute atomic E-state index is 12.5. The second-order valence-electron chi connectivity index (χ2n) is 5.73. The summed E-state index contributed by atoms with van der Waals surface area (Å²) in [4.78, 5) is 39.7. The number of ether oxygens (including phenoxy) is 1. The van der Waals surface area contributed by atoms with Crippen molar-refractivity contribution in [3.05, 3.63) is 65.1 Å². The highest BCUT2D eigenvalue weighted by Crippen LogP contribution is 2.34. The van der Waals surface area contributed by atoms with Gasteiger partial charge in [0.05, 0.1) is 12.0 Å². The number of amides is 2. The second-order valence-corrected chi connectivity index (χ2v) is 7.88. The molecule has 3 rings (SSSR count). The standard InChI is InChI=1S/C20H17NO4S2/c1-13(19(23)25-2)21-18(22)17(27-20(21)24)12-14-8-10-16(11-9-14)26-15-6-4-3-5-7-15/h3-13H,1-2H3/b17-12-/t13-/m0/s1. The van der Waals surface area contributed by atoms with Crippen molar-refractivity contribution in [1.29, 1.82) is 0 Å². The van der Waals surface area contributed by atoms with E-state index in [-0.39, 0.29) is 0 Å². The normalized spacial score (nSPS) is 16.7. The van der Waals surface area contributed by atoms with Crippen LogP contribution in [0.5, 0.6) is 0 Å². The van der Waals surface area contributed by atoms with Gasteiger partial charge in [0.2, 0.25) is 0 Å². The zero-order valence-corrected chi connectivity index (χ0v) is 16.4. The smallest absolute Gasteiger partial charge is 0.328 e. The molecule has 2 amide bonds. The molecule has 0 radical (unpaired) electrons. The zero-order chi connectivity index (χ0) is 19.4. The molecule has 0 bridgehead atoms. The highest BCUT2D eigenvalue weighted by molar-refractivity contribution is 8.18. The number of thioether (sulfide) groups is 1. The lowest BCUT2D eigenvalue weighted by atomic mass is 10.2. The third-order valence-electron chi connectivity index (χ3n) is 3.91. The van der Waals surface area contributed by atoms with E-state index in [9.17, 15) is 14.4 Å². The lowest BCUT2D eigenvalue weighted by Gasteiger charge is -2.18. The van der Waals surface area contributed by atoms with Crippen molar-refractivity contribution in [2.75, 3.05) is 7.11 Å². The Labute approximate surface area is 165 Å². The summed E-state index contributed by atoms with van der Waals surface area (Å²) in [5.41, 5.74) is 0.809. The topological polar surface area (TPSA) is 63.7 Å². The first kappa shape index (κ1) is 19.3. The van der Waals surface area contributed by atoms with Crippen LogP contribution in [-0.4, -0.2) is 35.2 Å². The largest absolute Gasteiger partial charge is 0.467 e. The van der Waals surface area contributed by atoms with Crippen LogP contribution in [0.2, 0.25) is 0 Å². The third-order valence-corrected chi connectivity index (χ3v) is 5.81. The SMILES string of the molecule is COC(=O)[C@H](C)N1C(=O)S/C(=C\c2ccc(Sc3ccccc3)cc2)C1=O. The number of imide groups is 1. The van der Waals surface area contributed by atoms with E-state index in [1.54, 1.807) is 17.8 Å². The molecule has 5 nitrogen and oxygen atoms in total. The van der Waals surface area contributed by atoms with E-state index in [4.69, 9.17) is 0 Å². The van der Waals surface area contributed by atoms with Gasteiger partial charge in [-0.3, -0.25) is 14.5 Å². The molecule has 1 fully saturated rings. The zero-order valence-electron chi connectivity index (χ0n) is 14.7. The summed E-state index contributed by atoms with van der Waals surface area (Å²) in [5.74, 6) is -1.11. The molecule has 138 valence electrons. The highest BCUT2D eigenvalue weighted by atomic mass is 32.2. The molecule has 0 spiro atoms. The fourth-order valence-corrected chi connectivity index (χ4v) is 4.24. The predicted octanol–water partition coefficient (Wildman–Crippen LogP) is 4.44. The number of hydrogen-bond acceptors (Lipinski definition) is 6. The fourth-order valence-electron chi connectivity index (χ4n) is 2.50. The number of benzene rings is 2. The van der Waals surface area contributed by atoms with Gasteiger partial charge in [-0.05, 0) is 54.6 Å². The van der Waals surface area contributed by atoms with Crippen molar-refractivity contribution in [3.8, 4) is 0 Å². The van der Waals surface area contributed by atoms with Gasteiger partial charge in [-0.15, -0.1) is 0 Å². The first-order valence-electron chi connectivity index (χ1n) is 8.17. The fraction of sp³-hybridized carbons (Fsp3) is 0.150. The lowest BCUT2D eigenvalue weighted by molar-refractivity contribution is -0.148. The molecule has 0 aromatic heterocycles. The molecule has 1 aliphatic rings. The predicted molar refractivity (Wildman–Crippen MR) is 106 cm³/mol. The molecule has 0 N–H and O–H groups in total. The van der Waals surface area contributed by atoms with Crippen molar-refractivity contribution in [1.82, 2.24) is 4.90 Å². The van der Waals surface area contributed by atoms with E-state index in [0.29, 0.717) is 4.91 Å². The van der Waals surface area contributed by atoms with Crippen molar-refractivity contribution in [3.63, 3.8) is 0 Å². The highest BCUT2D eigenvalue weighted by Gasteiger charge is 2.41. The van der Waals surface area contributed by atoms with Gasteiger partial charge < -0.3 is 4.74 Å². The molecule has 0 saturated carbocycles. The van der Waals surface area contributed by atoms with Crippen molar-refractivity contribution < 1.29 is 19.1 Å². The average molecular weight is 399 g/mol. The van der Waals surface area contributed by atoms with Crippen molar-refractivity contribution >= 4 is 46.7 Å². The number of rotatable bonds is 5. The minimum absolute atomic E-state index is 0.291. The van der Waals surface area contributed by atoms with Crippen molar-refractivity contribution in [2.45, 2.75) is 22.8 Å². The molecule has 1 aliphatic heterocycles. The monoisotopic (exact) mass is 399 g/mol. The van der Waals surface area contributed by atoms with Gasteiger partial charge in [0.25, 0.3) is 11.1 Å². The molecule has 1 heterocycles. The number of esters is 1. The Hall–Kier alpha value is -2.51. The average Bonchev–Trinajstić information content (AvgIpc) is 2.96. The van der Waals surface area contributed by atoms with E-state index in [0.717, 1.165) is 32.0 Å². The quantitative estimate of drug-likeness (QED) is 0.547. The van der Waals surface area contributed by atoms with Crippen LogP contribution in [0.4, 0.5) is 4.79 Å². The molecule has 2 aromatic rings. The van der Waals surface area contributed by atoms with Gasteiger partial charge in [0, 0.05) is 9.79 Å². The molecule has 0 unspecified atom stereocenters. The third kappa shape index (κ3) is 4.43. The van der Waals surface area contributed by atoms with Gasteiger partial charge in [-0.2, -0.15) is 0 Å². The maximum atomic E-state index is 12.5. The van der Waals surface area contributed by atoms with E-state index >= 15 is 0 Å². The van der Waals surface area contributed by atoms with Crippen LogP contribution in [0.1, 0.15) is 12.5 Å². The van der Waals surface area contributed by atoms with Crippen LogP contribution in [0.3, 0.4) is 0 Å². The minimum atomic E-state index is -0.946. The summed E-state index contributed by atoms with van der Waals surface area (Å²) in [6.45, 7) is 1.47. The van der Waals surface area contributed by atoms with E-state index in [1.165, 1.54) is 14.0 Å². The first-order chi connectivity index (χ1) is 13.0. The molecule has 7 heteroatoms. The summed E-state index contributed by atoms with van der Waals surface area (Å²) in [5, 5.41) is -0.472. The molecule has 0 aliphatic carbocycles. The molecule has 1 atom stereocenters. The van der Waals surface area contributed by atoms with Gasteiger partial charge in [-0.25, -0.2) is 4.79 Å². The molecule has 27 heavy (non-hydrogen) atoms. The molecular formula is C20H17NO4S2. The van der Waals surface area contributed by atoms with Gasteiger partial charge in [0.15, 0.2) is 0 Å². The second kappa shape index (κ2) is 8.45. The minimum Gasteiger partial charge on any atom is -0.467 e. The van der Waals surface area contributed by atoms with Crippen LogP contribution >= 0.6 is 23.5 Å². The lowest BCUT2D eigenvalue weighted by Crippen LogP contribution is -2.42. The Bertz CT molecular complexity index is 894. The maximum Gasteiger partial charge on any atom is 0.328 e. The van der Waals surface area contributed by atoms with Crippen LogP contribution in [0.15, 0.2) is 69.3 Å². The summed E-state index contributed by atoms with van der Waals surface area (Å²) in [6, 6.07) is 16.8. The Morgan fingerprint density at radius 3 is 2.33 bits per heavy atom. The van der Waals surface area contributed by atoms with Crippen molar-refractivity contribution in [2.24, 2.45) is 0 Å². The Kier molecular flexibility index (Phi) is 6.03.